The highest BCUT2D eigenvalue weighted by atomic mass is 32.2. The average molecular weight is 383 g/mol. The van der Waals surface area contributed by atoms with Crippen LogP contribution in [0.2, 0.25) is 0 Å². The van der Waals surface area contributed by atoms with Crippen molar-refractivity contribution in [2.45, 2.75) is 11.7 Å². The zero-order valence-corrected chi connectivity index (χ0v) is 16.3. The molecule has 0 radical (unpaired) electrons. The molecule has 2 aromatic heterocycles. The summed E-state index contributed by atoms with van der Waals surface area (Å²) in [7, 11) is 5.32. The van der Waals surface area contributed by atoms with Crippen molar-refractivity contribution in [1.29, 1.82) is 0 Å². The molecule has 0 saturated carbocycles. The third-order valence-electron chi connectivity index (χ3n) is 4.08. The Hall–Kier alpha value is -2.87. The van der Waals surface area contributed by atoms with Gasteiger partial charge in [-0.25, -0.2) is 0 Å². The van der Waals surface area contributed by atoms with Gasteiger partial charge in [0.05, 0.1) is 12.9 Å². The van der Waals surface area contributed by atoms with E-state index >= 15 is 0 Å². The first kappa shape index (κ1) is 18.9. The molecular weight excluding hydrogens is 362 g/mol. The van der Waals surface area contributed by atoms with Gasteiger partial charge in [0.15, 0.2) is 11.0 Å². The monoisotopic (exact) mass is 383 g/mol. The van der Waals surface area contributed by atoms with E-state index in [1.807, 2.05) is 48.0 Å². The number of hydrogen-bond donors (Lipinski definition) is 0. The number of ether oxygens (including phenoxy) is 1. The SMILES string of the molecule is COc1cccc(CN(C)C(=O)CSc2nnc(-c3ccncc3)n2C)c1. The van der Waals surface area contributed by atoms with Crippen LogP contribution in [0.3, 0.4) is 0 Å². The van der Waals surface area contributed by atoms with E-state index in [9.17, 15) is 4.79 Å². The molecule has 140 valence electrons. The van der Waals surface area contributed by atoms with Gasteiger partial charge in [-0.2, -0.15) is 0 Å². The van der Waals surface area contributed by atoms with E-state index in [0.29, 0.717) is 17.5 Å². The van der Waals surface area contributed by atoms with Gasteiger partial charge in [0.1, 0.15) is 5.75 Å². The van der Waals surface area contributed by atoms with Gasteiger partial charge < -0.3 is 14.2 Å². The number of rotatable bonds is 7. The van der Waals surface area contributed by atoms with E-state index in [1.54, 1.807) is 31.5 Å². The second-order valence-electron chi connectivity index (χ2n) is 5.99. The summed E-state index contributed by atoms with van der Waals surface area (Å²) in [5.41, 5.74) is 1.96. The molecule has 0 aliphatic carbocycles. The van der Waals surface area contributed by atoms with Crippen LogP contribution < -0.4 is 4.74 Å². The first-order valence-corrected chi connectivity index (χ1v) is 9.36. The minimum absolute atomic E-state index is 0.0243. The smallest absolute Gasteiger partial charge is 0.233 e. The molecule has 27 heavy (non-hydrogen) atoms. The van der Waals surface area contributed by atoms with Crippen molar-refractivity contribution >= 4 is 17.7 Å². The van der Waals surface area contributed by atoms with Crippen molar-refractivity contribution in [3.63, 3.8) is 0 Å². The molecule has 0 fully saturated rings. The number of methoxy groups -OCH3 is 1. The average Bonchev–Trinajstić information content (AvgIpc) is 3.07. The van der Waals surface area contributed by atoms with Crippen LogP contribution in [-0.2, 0) is 18.4 Å². The van der Waals surface area contributed by atoms with Gasteiger partial charge in [0.25, 0.3) is 0 Å². The summed E-state index contributed by atoms with van der Waals surface area (Å²) >= 11 is 1.38. The fourth-order valence-corrected chi connectivity index (χ4v) is 3.41. The van der Waals surface area contributed by atoms with Crippen LogP contribution in [0.15, 0.2) is 53.9 Å². The number of aromatic nitrogens is 4. The lowest BCUT2D eigenvalue weighted by Crippen LogP contribution is -2.27. The minimum Gasteiger partial charge on any atom is -0.497 e. The number of pyridine rings is 1. The maximum Gasteiger partial charge on any atom is 0.233 e. The zero-order valence-electron chi connectivity index (χ0n) is 15.5. The van der Waals surface area contributed by atoms with Crippen LogP contribution >= 0.6 is 11.8 Å². The Balaban J connectivity index is 1.59. The lowest BCUT2D eigenvalue weighted by molar-refractivity contribution is -0.127. The number of carbonyl (C=O) groups excluding carboxylic acids is 1. The molecule has 0 aliphatic rings. The molecule has 8 heteroatoms. The van der Waals surface area contributed by atoms with E-state index in [4.69, 9.17) is 4.74 Å². The molecular formula is C19H21N5O2S. The molecule has 0 spiro atoms. The standard InChI is InChI=1S/C19H21N5O2S/c1-23(12-14-5-4-6-16(11-14)26-3)17(25)13-27-19-22-21-18(24(19)2)15-7-9-20-10-8-15/h4-11H,12-13H2,1-3H3. The van der Waals surface area contributed by atoms with Gasteiger partial charge in [-0.1, -0.05) is 23.9 Å². The van der Waals surface area contributed by atoms with Gasteiger partial charge >= 0.3 is 0 Å². The Kier molecular flexibility index (Phi) is 6.08. The molecule has 0 saturated heterocycles. The second-order valence-corrected chi connectivity index (χ2v) is 6.93. The first-order valence-electron chi connectivity index (χ1n) is 8.38. The Labute approximate surface area is 162 Å². The summed E-state index contributed by atoms with van der Waals surface area (Å²) in [5.74, 6) is 1.85. The van der Waals surface area contributed by atoms with Gasteiger partial charge in [-0.05, 0) is 29.8 Å². The first-order chi connectivity index (χ1) is 13.1. The summed E-state index contributed by atoms with van der Waals surface area (Å²) in [6.45, 7) is 0.525. The van der Waals surface area contributed by atoms with E-state index < -0.39 is 0 Å². The summed E-state index contributed by atoms with van der Waals surface area (Å²) in [6, 6.07) is 11.5. The van der Waals surface area contributed by atoms with E-state index in [2.05, 4.69) is 15.2 Å². The molecule has 0 bridgehead atoms. The molecule has 7 nitrogen and oxygen atoms in total. The number of benzene rings is 1. The predicted octanol–water partition coefficient (Wildman–Crippen LogP) is 2.64. The Morgan fingerprint density at radius 2 is 2.00 bits per heavy atom. The fourth-order valence-electron chi connectivity index (χ4n) is 2.56. The van der Waals surface area contributed by atoms with Crippen molar-refractivity contribution < 1.29 is 9.53 Å². The third-order valence-corrected chi connectivity index (χ3v) is 5.08. The van der Waals surface area contributed by atoms with Gasteiger partial charge in [-0.15, -0.1) is 10.2 Å². The summed E-state index contributed by atoms with van der Waals surface area (Å²) < 4.78 is 7.11. The highest BCUT2D eigenvalue weighted by Crippen LogP contribution is 2.22. The highest BCUT2D eigenvalue weighted by molar-refractivity contribution is 7.99. The molecule has 0 N–H and O–H groups in total. The molecule has 2 heterocycles. The summed E-state index contributed by atoms with van der Waals surface area (Å²) in [6.07, 6.45) is 3.43. The predicted molar refractivity (Wildman–Crippen MR) is 104 cm³/mol. The van der Waals surface area contributed by atoms with Crippen LogP contribution in [0, 0.1) is 0 Å². The number of hydrogen-bond acceptors (Lipinski definition) is 6. The molecule has 0 aliphatic heterocycles. The maximum atomic E-state index is 12.5. The van der Waals surface area contributed by atoms with Crippen LogP contribution in [0.1, 0.15) is 5.56 Å². The van der Waals surface area contributed by atoms with E-state index in [0.717, 1.165) is 22.7 Å². The van der Waals surface area contributed by atoms with Gasteiger partial charge in [0.2, 0.25) is 5.91 Å². The van der Waals surface area contributed by atoms with Crippen molar-refractivity contribution in [2.24, 2.45) is 7.05 Å². The quantitative estimate of drug-likeness (QED) is 0.584. The molecule has 1 amide bonds. The van der Waals surface area contributed by atoms with Crippen LogP contribution in [-0.4, -0.2) is 50.5 Å². The van der Waals surface area contributed by atoms with Gasteiger partial charge in [0, 0.05) is 38.6 Å². The fraction of sp³-hybridized carbons (Fsp3) is 0.263. The zero-order chi connectivity index (χ0) is 19.2. The lowest BCUT2D eigenvalue weighted by Gasteiger charge is -2.17. The molecule has 0 unspecified atom stereocenters. The summed E-state index contributed by atoms with van der Waals surface area (Å²) in [5, 5.41) is 9.12. The lowest BCUT2D eigenvalue weighted by atomic mass is 10.2. The molecule has 3 rings (SSSR count). The van der Waals surface area contributed by atoms with Crippen LogP contribution in [0.4, 0.5) is 0 Å². The summed E-state index contributed by atoms with van der Waals surface area (Å²) in [4.78, 5) is 18.2. The normalized spacial score (nSPS) is 10.6. The number of thioether (sulfide) groups is 1. The third kappa shape index (κ3) is 4.65. The Morgan fingerprint density at radius 1 is 1.22 bits per heavy atom. The van der Waals surface area contributed by atoms with Crippen LogP contribution in [0.5, 0.6) is 5.75 Å². The van der Waals surface area contributed by atoms with E-state index in [-0.39, 0.29) is 5.91 Å². The van der Waals surface area contributed by atoms with Crippen molar-refractivity contribution in [2.75, 3.05) is 19.9 Å². The van der Waals surface area contributed by atoms with Crippen molar-refractivity contribution in [3.8, 4) is 17.1 Å². The van der Waals surface area contributed by atoms with Gasteiger partial charge in [-0.3, -0.25) is 9.78 Å². The number of carbonyl (C=O) groups is 1. The Morgan fingerprint density at radius 3 is 2.74 bits per heavy atom. The molecule has 3 aromatic rings. The van der Waals surface area contributed by atoms with E-state index in [1.165, 1.54) is 11.8 Å². The largest absolute Gasteiger partial charge is 0.497 e. The molecule has 0 atom stereocenters. The van der Waals surface area contributed by atoms with Crippen molar-refractivity contribution in [3.05, 3.63) is 54.4 Å². The van der Waals surface area contributed by atoms with Crippen LogP contribution in [0.25, 0.3) is 11.4 Å². The van der Waals surface area contributed by atoms with Crippen molar-refractivity contribution in [1.82, 2.24) is 24.6 Å². The maximum absolute atomic E-state index is 12.5. The topological polar surface area (TPSA) is 73.1 Å². The minimum atomic E-state index is 0.0243. The Bertz CT molecular complexity index is 913. The molecule has 1 aromatic carbocycles. The second kappa shape index (κ2) is 8.68. The number of nitrogens with zero attached hydrogens (tertiary/aromatic N) is 5. The number of amides is 1. The highest BCUT2D eigenvalue weighted by Gasteiger charge is 2.15.